The molecule has 0 saturated heterocycles. The van der Waals surface area contributed by atoms with Crippen LogP contribution in [0, 0.1) is 0 Å². The number of hydrogen-bond acceptors (Lipinski definition) is 4. The minimum Gasteiger partial charge on any atom is -0.456 e. The van der Waals surface area contributed by atoms with Gasteiger partial charge in [0.2, 0.25) is 5.95 Å². The van der Waals surface area contributed by atoms with Gasteiger partial charge in [0.25, 0.3) is 0 Å². The van der Waals surface area contributed by atoms with Crippen LogP contribution in [0.5, 0.6) is 0 Å². The van der Waals surface area contributed by atoms with Gasteiger partial charge in [0, 0.05) is 32.7 Å². The molecule has 10 bridgehead atoms. The summed E-state index contributed by atoms with van der Waals surface area (Å²) in [6.07, 6.45) is 0. The average molecular weight is 639 g/mol. The van der Waals surface area contributed by atoms with Gasteiger partial charge < -0.3 is 4.42 Å². The second kappa shape index (κ2) is 10.3. The zero-order valence-electron chi connectivity index (χ0n) is 26.7. The molecule has 10 aromatic rings. The first-order valence-electron chi connectivity index (χ1n) is 16.8. The lowest BCUT2D eigenvalue weighted by atomic mass is 9.95. The highest BCUT2D eigenvalue weighted by Crippen LogP contribution is 2.38. The lowest BCUT2D eigenvalue weighted by Crippen LogP contribution is -2.06. The van der Waals surface area contributed by atoms with Crippen LogP contribution in [0.2, 0.25) is 0 Å². The number of furan rings is 1. The quantitative estimate of drug-likeness (QED) is 0.179. The SMILES string of the molecule is c1cc2cc(c1)-c1cccc(c1)-c1nc(-c3ccc4c(c3)oc3ccccc34)nc(n1)-n1c3ccccc3c3ccc(cc31)-c1cccc-2c1. The average Bonchev–Trinajstić information content (AvgIpc) is 3.72. The number of aromatic nitrogens is 4. The summed E-state index contributed by atoms with van der Waals surface area (Å²) in [7, 11) is 0. The van der Waals surface area contributed by atoms with Crippen molar-refractivity contribution in [2.24, 2.45) is 0 Å². The van der Waals surface area contributed by atoms with E-state index in [-0.39, 0.29) is 0 Å². The Morgan fingerprint density at radius 2 is 0.840 bits per heavy atom. The number of fused-ring (bicyclic) bond motifs is 20. The predicted molar refractivity (Wildman–Crippen MR) is 202 cm³/mol. The Morgan fingerprint density at radius 3 is 1.56 bits per heavy atom. The van der Waals surface area contributed by atoms with Gasteiger partial charge in [0.1, 0.15) is 11.2 Å². The topological polar surface area (TPSA) is 56.7 Å². The van der Waals surface area contributed by atoms with E-state index < -0.39 is 0 Å². The van der Waals surface area contributed by atoms with Crippen molar-refractivity contribution >= 4 is 43.7 Å². The Balaban J connectivity index is 1.24. The van der Waals surface area contributed by atoms with Gasteiger partial charge in [-0.1, -0.05) is 109 Å². The van der Waals surface area contributed by atoms with E-state index in [4.69, 9.17) is 19.4 Å². The summed E-state index contributed by atoms with van der Waals surface area (Å²) in [6, 6.07) is 55.6. The van der Waals surface area contributed by atoms with E-state index in [1.54, 1.807) is 0 Å². The van der Waals surface area contributed by atoms with Crippen LogP contribution in [-0.4, -0.2) is 19.5 Å². The number of nitrogens with zero attached hydrogens (tertiary/aromatic N) is 4. The molecule has 4 heterocycles. The Kier molecular flexibility index (Phi) is 5.60. The zero-order chi connectivity index (χ0) is 32.8. The first kappa shape index (κ1) is 27.1. The van der Waals surface area contributed by atoms with Crippen molar-refractivity contribution in [2.45, 2.75) is 0 Å². The predicted octanol–water partition coefficient (Wildman–Crippen LogP) is 11.5. The molecule has 0 saturated carbocycles. The molecule has 232 valence electrons. The molecule has 0 aliphatic carbocycles. The van der Waals surface area contributed by atoms with Gasteiger partial charge in [-0.05, 0) is 81.9 Å². The summed E-state index contributed by atoms with van der Waals surface area (Å²) < 4.78 is 8.48. The second-order valence-corrected chi connectivity index (χ2v) is 12.9. The molecule has 5 nitrogen and oxygen atoms in total. The van der Waals surface area contributed by atoms with Crippen molar-refractivity contribution in [3.63, 3.8) is 0 Å². The first-order valence-corrected chi connectivity index (χ1v) is 16.8. The Hall–Kier alpha value is -6.85. The minimum atomic E-state index is 0.561. The van der Waals surface area contributed by atoms with E-state index in [0.717, 1.165) is 77.1 Å². The molecule has 1 aliphatic heterocycles. The molecule has 0 N–H and O–H groups in total. The van der Waals surface area contributed by atoms with Crippen LogP contribution in [0.15, 0.2) is 162 Å². The van der Waals surface area contributed by atoms with Crippen LogP contribution in [0.25, 0.3) is 106 Å². The maximum atomic E-state index is 6.29. The maximum Gasteiger partial charge on any atom is 0.238 e. The molecule has 0 radical (unpaired) electrons. The summed E-state index contributed by atoms with van der Waals surface area (Å²) >= 11 is 0. The molecule has 5 heteroatoms. The molecule has 0 amide bonds. The van der Waals surface area contributed by atoms with Gasteiger partial charge in [-0.25, -0.2) is 4.98 Å². The summed E-state index contributed by atoms with van der Waals surface area (Å²) in [4.78, 5) is 15.6. The van der Waals surface area contributed by atoms with Gasteiger partial charge in [0.05, 0.1) is 11.0 Å². The normalized spacial score (nSPS) is 12.0. The van der Waals surface area contributed by atoms with E-state index in [0.29, 0.717) is 17.6 Å². The minimum absolute atomic E-state index is 0.561. The van der Waals surface area contributed by atoms with Gasteiger partial charge in [-0.15, -0.1) is 0 Å². The molecule has 3 aromatic heterocycles. The van der Waals surface area contributed by atoms with Crippen LogP contribution in [0.3, 0.4) is 0 Å². The lowest BCUT2D eigenvalue weighted by Gasteiger charge is -2.13. The molecule has 0 fully saturated rings. The van der Waals surface area contributed by atoms with Crippen LogP contribution >= 0.6 is 0 Å². The van der Waals surface area contributed by atoms with Crippen LogP contribution in [0.4, 0.5) is 0 Å². The van der Waals surface area contributed by atoms with E-state index in [2.05, 4.69) is 138 Å². The van der Waals surface area contributed by atoms with Crippen molar-refractivity contribution in [3.05, 3.63) is 158 Å². The molecule has 7 aromatic carbocycles. The van der Waals surface area contributed by atoms with Crippen LogP contribution in [-0.2, 0) is 0 Å². The van der Waals surface area contributed by atoms with Crippen molar-refractivity contribution in [1.29, 1.82) is 0 Å². The van der Waals surface area contributed by atoms with Crippen molar-refractivity contribution in [2.75, 3.05) is 0 Å². The summed E-state index contributed by atoms with van der Waals surface area (Å²) in [5.41, 5.74) is 12.4. The summed E-state index contributed by atoms with van der Waals surface area (Å²) in [5, 5.41) is 4.44. The smallest absolute Gasteiger partial charge is 0.238 e. The Labute approximate surface area is 286 Å². The van der Waals surface area contributed by atoms with Gasteiger partial charge in [-0.2, -0.15) is 9.97 Å². The fourth-order valence-electron chi connectivity index (χ4n) is 7.55. The van der Waals surface area contributed by atoms with Gasteiger partial charge >= 0.3 is 0 Å². The fourth-order valence-corrected chi connectivity index (χ4v) is 7.55. The fraction of sp³-hybridized carbons (Fsp3) is 0. The molecular formula is C45H26N4O. The van der Waals surface area contributed by atoms with Crippen LogP contribution < -0.4 is 0 Å². The lowest BCUT2D eigenvalue weighted by molar-refractivity contribution is 0.669. The first-order chi connectivity index (χ1) is 24.7. The van der Waals surface area contributed by atoms with Crippen molar-refractivity contribution in [3.8, 4) is 62.1 Å². The number of benzene rings is 7. The highest BCUT2D eigenvalue weighted by Gasteiger charge is 2.20. The third kappa shape index (κ3) is 4.10. The number of para-hydroxylation sites is 2. The summed E-state index contributed by atoms with van der Waals surface area (Å²) in [6.45, 7) is 0. The standard InChI is InChI=1S/C45H26N4O/c1-3-16-39-35(14-1)36-20-18-32-25-40(36)49(39)45-47-43(46-44(48-45)34-19-21-38-37-15-2-4-17-41(37)50-42(38)26-34)33-13-7-12-31(24-33)29-10-5-8-27(22-29)28-9-6-11-30(32)23-28/h1-26H. The van der Waals surface area contributed by atoms with E-state index in [1.807, 2.05) is 24.3 Å². The molecule has 1 aliphatic rings. The molecule has 0 unspecified atom stereocenters. The monoisotopic (exact) mass is 638 g/mol. The summed E-state index contributed by atoms with van der Waals surface area (Å²) in [5.74, 6) is 1.74. The second-order valence-electron chi connectivity index (χ2n) is 12.9. The molecule has 50 heavy (non-hydrogen) atoms. The highest BCUT2D eigenvalue weighted by molar-refractivity contribution is 6.10. The molecular weight excluding hydrogens is 613 g/mol. The zero-order valence-corrected chi connectivity index (χ0v) is 26.7. The third-order valence-corrected chi connectivity index (χ3v) is 9.98. The Morgan fingerprint density at radius 1 is 0.340 bits per heavy atom. The maximum absolute atomic E-state index is 6.29. The molecule has 0 atom stereocenters. The largest absolute Gasteiger partial charge is 0.456 e. The Bertz CT molecular complexity index is 3000. The van der Waals surface area contributed by atoms with Gasteiger partial charge in [0.15, 0.2) is 11.6 Å². The van der Waals surface area contributed by atoms with Crippen LogP contribution in [0.1, 0.15) is 0 Å². The van der Waals surface area contributed by atoms with Crippen molar-refractivity contribution < 1.29 is 4.42 Å². The van der Waals surface area contributed by atoms with E-state index in [9.17, 15) is 0 Å². The van der Waals surface area contributed by atoms with E-state index in [1.165, 1.54) is 11.1 Å². The third-order valence-electron chi connectivity index (χ3n) is 9.98. The number of hydrogen-bond donors (Lipinski definition) is 0. The highest BCUT2D eigenvalue weighted by atomic mass is 16.3. The molecule has 0 spiro atoms. The van der Waals surface area contributed by atoms with Gasteiger partial charge in [-0.3, -0.25) is 4.57 Å². The van der Waals surface area contributed by atoms with Crippen molar-refractivity contribution in [1.82, 2.24) is 19.5 Å². The molecule has 11 rings (SSSR count). The van der Waals surface area contributed by atoms with E-state index >= 15 is 0 Å². The number of rotatable bonds is 1.